The lowest BCUT2D eigenvalue weighted by Crippen LogP contribution is -2.46. The molecule has 5 heteroatoms. The van der Waals surface area contributed by atoms with E-state index >= 15 is 0 Å². The Morgan fingerprint density at radius 3 is 2.95 bits per heavy atom. The van der Waals surface area contributed by atoms with Crippen LogP contribution in [0.4, 0.5) is 0 Å². The van der Waals surface area contributed by atoms with Gasteiger partial charge in [0.2, 0.25) is 5.91 Å². The van der Waals surface area contributed by atoms with Crippen LogP contribution in [0.25, 0.3) is 0 Å². The Balaban J connectivity index is 1.73. The minimum atomic E-state index is -0.391. The Kier molecular flexibility index (Phi) is 4.08. The topological polar surface area (TPSA) is 59.2 Å². The van der Waals surface area contributed by atoms with E-state index in [2.05, 4.69) is 0 Å². The van der Waals surface area contributed by atoms with Crippen LogP contribution in [-0.2, 0) is 17.6 Å². The molecule has 0 bridgehead atoms. The smallest absolute Gasteiger partial charge is 0.239 e. The molecule has 20 heavy (non-hydrogen) atoms. The molecule has 3 rings (SSSR count). The molecule has 2 N–H and O–H groups in total. The first-order chi connectivity index (χ1) is 9.65. The van der Waals surface area contributed by atoms with E-state index in [1.165, 1.54) is 34.8 Å². The second-order valence-electron chi connectivity index (χ2n) is 6.04. The minimum absolute atomic E-state index is 0.0796. The zero-order chi connectivity index (χ0) is 14.1. The second-order valence-corrected chi connectivity index (χ2v) is 7.16. The third-order valence-electron chi connectivity index (χ3n) is 4.33. The number of thiazole rings is 1. The number of likely N-dealkylation sites (tertiary alicyclic amines) is 1. The summed E-state index contributed by atoms with van der Waals surface area (Å²) in [5, 5.41) is 1.25. The molecule has 110 valence electrons. The van der Waals surface area contributed by atoms with E-state index < -0.39 is 6.04 Å². The van der Waals surface area contributed by atoms with Crippen LogP contribution >= 0.6 is 11.3 Å². The van der Waals surface area contributed by atoms with Crippen molar-refractivity contribution >= 4 is 17.2 Å². The number of carbonyl (C=O) groups is 1. The first-order valence-electron chi connectivity index (χ1n) is 7.68. The Labute approximate surface area is 124 Å². The molecule has 2 atom stereocenters. The molecule has 2 heterocycles. The van der Waals surface area contributed by atoms with Crippen molar-refractivity contribution < 1.29 is 4.79 Å². The van der Waals surface area contributed by atoms with Crippen LogP contribution in [0.5, 0.6) is 0 Å². The van der Waals surface area contributed by atoms with Crippen LogP contribution < -0.4 is 5.73 Å². The Morgan fingerprint density at radius 1 is 1.40 bits per heavy atom. The number of fused-ring (bicyclic) bond motifs is 1. The number of aromatic nitrogens is 1. The minimum Gasteiger partial charge on any atom is -0.341 e. The van der Waals surface area contributed by atoms with Crippen LogP contribution in [-0.4, -0.2) is 34.9 Å². The fourth-order valence-corrected chi connectivity index (χ4v) is 4.49. The Morgan fingerprint density at radius 2 is 2.20 bits per heavy atom. The van der Waals surface area contributed by atoms with Gasteiger partial charge in [0.15, 0.2) is 0 Å². The summed E-state index contributed by atoms with van der Waals surface area (Å²) in [5.41, 5.74) is 7.05. The molecule has 0 radical (unpaired) electrons. The highest BCUT2D eigenvalue weighted by molar-refractivity contribution is 7.11. The molecule has 1 aromatic heterocycles. The lowest BCUT2D eigenvalue weighted by atomic mass is 9.98. The average molecular weight is 293 g/mol. The summed E-state index contributed by atoms with van der Waals surface area (Å²) in [5.74, 6) is 0.498. The number of nitrogens with zero attached hydrogens (tertiary/aromatic N) is 2. The van der Waals surface area contributed by atoms with E-state index in [1.807, 2.05) is 16.2 Å². The highest BCUT2D eigenvalue weighted by Crippen LogP contribution is 2.34. The van der Waals surface area contributed by atoms with Crippen molar-refractivity contribution in [2.24, 2.45) is 5.73 Å². The maximum atomic E-state index is 12.1. The van der Waals surface area contributed by atoms with Gasteiger partial charge in [0.05, 0.1) is 16.7 Å². The van der Waals surface area contributed by atoms with Crippen LogP contribution in [0.15, 0.2) is 0 Å². The molecule has 1 fully saturated rings. The summed E-state index contributed by atoms with van der Waals surface area (Å²) >= 11 is 1.88. The van der Waals surface area contributed by atoms with Gasteiger partial charge in [-0.15, -0.1) is 11.3 Å². The van der Waals surface area contributed by atoms with Gasteiger partial charge in [-0.3, -0.25) is 4.79 Å². The maximum absolute atomic E-state index is 12.1. The quantitative estimate of drug-likeness (QED) is 0.908. The average Bonchev–Trinajstić information content (AvgIpc) is 2.90. The fourth-order valence-electron chi connectivity index (χ4n) is 3.21. The molecule has 1 amide bonds. The van der Waals surface area contributed by atoms with E-state index in [0.29, 0.717) is 5.92 Å². The number of carbonyl (C=O) groups excluding carboxylic acids is 1. The lowest BCUT2D eigenvalue weighted by Gasteiger charge is -2.32. The molecule has 1 unspecified atom stereocenters. The predicted molar refractivity (Wildman–Crippen MR) is 81.0 cm³/mol. The number of rotatable bonds is 2. The largest absolute Gasteiger partial charge is 0.341 e. The molecular formula is C15H23N3OS. The SMILES string of the molecule is C[C@@H](N)C(=O)N1CCCC(c2nc3c(s2)CCCC3)C1. The van der Waals surface area contributed by atoms with Gasteiger partial charge in [-0.1, -0.05) is 0 Å². The maximum Gasteiger partial charge on any atom is 0.239 e. The molecular weight excluding hydrogens is 270 g/mol. The number of hydrogen-bond donors (Lipinski definition) is 1. The van der Waals surface area contributed by atoms with Crippen LogP contribution in [0, 0.1) is 0 Å². The molecule has 4 nitrogen and oxygen atoms in total. The van der Waals surface area contributed by atoms with Gasteiger partial charge in [0, 0.05) is 23.9 Å². The number of amides is 1. The zero-order valence-corrected chi connectivity index (χ0v) is 12.9. The Hall–Kier alpha value is -0.940. The van der Waals surface area contributed by atoms with Crippen LogP contribution in [0.1, 0.15) is 54.1 Å². The zero-order valence-electron chi connectivity index (χ0n) is 12.1. The fraction of sp³-hybridized carbons (Fsp3) is 0.733. The van der Waals surface area contributed by atoms with Gasteiger partial charge < -0.3 is 10.6 Å². The first kappa shape index (κ1) is 14.0. The van der Waals surface area contributed by atoms with Crippen LogP contribution in [0.3, 0.4) is 0 Å². The van der Waals surface area contributed by atoms with E-state index in [0.717, 1.165) is 32.4 Å². The van der Waals surface area contributed by atoms with E-state index in [-0.39, 0.29) is 5.91 Å². The van der Waals surface area contributed by atoms with E-state index in [1.54, 1.807) is 6.92 Å². The third-order valence-corrected chi connectivity index (χ3v) is 5.65. The lowest BCUT2D eigenvalue weighted by molar-refractivity contribution is -0.133. The molecule has 0 aromatic carbocycles. The van der Waals surface area contributed by atoms with Gasteiger partial charge in [-0.2, -0.15) is 0 Å². The van der Waals surface area contributed by atoms with Crippen molar-refractivity contribution in [3.63, 3.8) is 0 Å². The van der Waals surface area contributed by atoms with Gasteiger partial charge in [0.1, 0.15) is 0 Å². The van der Waals surface area contributed by atoms with Crippen LogP contribution in [0.2, 0.25) is 0 Å². The summed E-state index contributed by atoms with van der Waals surface area (Å²) < 4.78 is 0. The summed E-state index contributed by atoms with van der Waals surface area (Å²) in [7, 11) is 0. The van der Waals surface area contributed by atoms with E-state index in [9.17, 15) is 4.79 Å². The van der Waals surface area contributed by atoms with Gasteiger partial charge in [0.25, 0.3) is 0 Å². The summed E-state index contributed by atoms with van der Waals surface area (Å²) in [6, 6.07) is -0.391. The molecule has 1 aliphatic heterocycles. The number of hydrogen-bond acceptors (Lipinski definition) is 4. The monoisotopic (exact) mass is 293 g/mol. The normalized spacial score (nSPS) is 24.3. The summed E-state index contributed by atoms with van der Waals surface area (Å²) in [6.07, 6.45) is 7.12. The van der Waals surface area contributed by atoms with Crippen molar-refractivity contribution in [1.29, 1.82) is 0 Å². The second kappa shape index (κ2) is 5.82. The molecule has 1 saturated heterocycles. The van der Waals surface area contributed by atoms with Gasteiger partial charge >= 0.3 is 0 Å². The van der Waals surface area contributed by atoms with Crippen molar-refractivity contribution in [2.45, 2.75) is 57.4 Å². The molecule has 0 saturated carbocycles. The summed E-state index contributed by atoms with van der Waals surface area (Å²) in [4.78, 5) is 20.3. The van der Waals surface area contributed by atoms with Crippen molar-refractivity contribution in [3.8, 4) is 0 Å². The van der Waals surface area contributed by atoms with Crippen molar-refractivity contribution in [2.75, 3.05) is 13.1 Å². The van der Waals surface area contributed by atoms with Gasteiger partial charge in [-0.05, 0) is 45.4 Å². The molecule has 1 aromatic rings. The standard InChI is InChI=1S/C15H23N3OS/c1-10(16)15(19)18-8-4-5-11(9-18)14-17-12-6-2-3-7-13(12)20-14/h10-11H,2-9,16H2,1H3/t10-,11?/m1/s1. The summed E-state index contributed by atoms with van der Waals surface area (Å²) in [6.45, 7) is 3.42. The number of nitrogens with two attached hydrogens (primary N) is 1. The molecule has 2 aliphatic rings. The molecule has 0 spiro atoms. The number of aryl methyl sites for hydroxylation is 2. The molecule has 1 aliphatic carbocycles. The third kappa shape index (κ3) is 2.74. The van der Waals surface area contributed by atoms with E-state index in [4.69, 9.17) is 10.7 Å². The highest BCUT2D eigenvalue weighted by Gasteiger charge is 2.29. The Bertz CT molecular complexity index is 474. The van der Waals surface area contributed by atoms with Crippen molar-refractivity contribution in [1.82, 2.24) is 9.88 Å². The highest BCUT2D eigenvalue weighted by atomic mass is 32.1. The predicted octanol–water partition coefficient (Wildman–Crippen LogP) is 2.08. The van der Waals surface area contributed by atoms with Gasteiger partial charge in [-0.25, -0.2) is 4.98 Å². The first-order valence-corrected chi connectivity index (χ1v) is 8.49. The number of piperidine rings is 1. The van der Waals surface area contributed by atoms with Crippen molar-refractivity contribution in [3.05, 3.63) is 15.6 Å².